The van der Waals surface area contributed by atoms with Gasteiger partial charge >= 0.3 is 0 Å². The summed E-state index contributed by atoms with van der Waals surface area (Å²) in [5.74, 6) is 1.49. The zero-order valence-electron chi connectivity index (χ0n) is 23.2. The summed E-state index contributed by atoms with van der Waals surface area (Å²) in [4.78, 5) is 19.9. The van der Waals surface area contributed by atoms with Crippen LogP contribution in [0.4, 0.5) is 0 Å². The zero-order chi connectivity index (χ0) is 27.2. The SMILES string of the molecule is COc1ccc([C@@H](C)N2CC([C@@H](C)Oc3nc(-c4cnn(C(C)(C)C)c4)cn4ncc(C)c34)CC2=O)cc1. The van der Waals surface area contributed by atoms with Gasteiger partial charge in [-0.05, 0) is 59.2 Å². The summed E-state index contributed by atoms with van der Waals surface area (Å²) in [5, 5.41) is 9.04. The molecule has 0 radical (unpaired) electrons. The lowest BCUT2D eigenvalue weighted by Crippen LogP contribution is -2.31. The summed E-state index contributed by atoms with van der Waals surface area (Å²) in [6.07, 6.45) is 7.75. The molecule has 38 heavy (non-hydrogen) atoms. The van der Waals surface area contributed by atoms with Crippen LogP contribution in [0.25, 0.3) is 16.8 Å². The molecular weight excluding hydrogens is 480 g/mol. The lowest BCUT2D eigenvalue weighted by atomic mass is 10.0. The molecule has 1 fully saturated rings. The van der Waals surface area contributed by atoms with Crippen LogP contribution in [0.1, 0.15) is 58.2 Å². The van der Waals surface area contributed by atoms with E-state index in [1.165, 1.54) is 0 Å². The van der Waals surface area contributed by atoms with Gasteiger partial charge in [0.05, 0.1) is 43.0 Å². The third kappa shape index (κ3) is 4.85. The highest BCUT2D eigenvalue weighted by atomic mass is 16.5. The van der Waals surface area contributed by atoms with E-state index >= 15 is 0 Å². The molecule has 1 aromatic carbocycles. The third-order valence-corrected chi connectivity index (χ3v) is 7.43. The van der Waals surface area contributed by atoms with Crippen LogP contribution in [0.5, 0.6) is 11.6 Å². The van der Waals surface area contributed by atoms with Gasteiger partial charge in [-0.1, -0.05) is 12.1 Å². The first-order valence-corrected chi connectivity index (χ1v) is 13.1. The number of rotatable bonds is 7. The van der Waals surface area contributed by atoms with E-state index in [2.05, 4.69) is 37.9 Å². The van der Waals surface area contributed by atoms with E-state index in [4.69, 9.17) is 14.5 Å². The van der Waals surface area contributed by atoms with Gasteiger partial charge in [-0.25, -0.2) is 9.50 Å². The molecule has 0 spiro atoms. The topological polar surface area (TPSA) is 86.8 Å². The molecule has 1 aliphatic rings. The van der Waals surface area contributed by atoms with E-state index in [0.29, 0.717) is 18.8 Å². The first kappa shape index (κ1) is 25.8. The Hall–Kier alpha value is -3.88. The smallest absolute Gasteiger partial charge is 0.241 e. The normalized spacial score (nSPS) is 17.7. The van der Waals surface area contributed by atoms with Gasteiger partial charge in [0.2, 0.25) is 11.8 Å². The first-order valence-electron chi connectivity index (χ1n) is 13.1. The minimum absolute atomic E-state index is 0.0322. The molecule has 4 heterocycles. The van der Waals surface area contributed by atoms with Crippen LogP contribution in [0.2, 0.25) is 0 Å². The van der Waals surface area contributed by atoms with Gasteiger partial charge in [-0.15, -0.1) is 0 Å². The Balaban J connectivity index is 1.37. The molecule has 3 atom stereocenters. The summed E-state index contributed by atoms with van der Waals surface area (Å²) >= 11 is 0. The van der Waals surface area contributed by atoms with E-state index in [0.717, 1.165) is 33.7 Å². The minimum atomic E-state index is -0.217. The number of hydrogen-bond acceptors (Lipinski definition) is 6. The molecule has 1 unspecified atom stereocenters. The fourth-order valence-corrected chi connectivity index (χ4v) is 4.95. The standard InChI is InChI=1S/C29H36N6O3/c1-18-13-30-34-17-25(23-14-31-35(16-23)29(4,5)6)32-28(27(18)34)38-20(3)22-12-26(36)33(15-22)19(2)21-8-10-24(37-7)11-9-21/h8-11,13-14,16-17,19-20,22H,12,15H2,1-7H3/t19-,20-,22?/m1/s1. The van der Waals surface area contributed by atoms with Crippen LogP contribution in [0, 0.1) is 12.8 Å². The molecule has 5 rings (SSSR count). The van der Waals surface area contributed by atoms with Crippen LogP contribution in [-0.2, 0) is 10.3 Å². The van der Waals surface area contributed by atoms with Crippen molar-refractivity contribution in [2.75, 3.05) is 13.7 Å². The number of aryl methyl sites for hydroxylation is 1. The van der Waals surface area contributed by atoms with Crippen molar-refractivity contribution in [1.82, 2.24) is 29.3 Å². The molecule has 0 N–H and O–H groups in total. The summed E-state index contributed by atoms with van der Waals surface area (Å²) in [6.45, 7) is 13.0. The maximum atomic E-state index is 13.0. The number of hydrogen-bond donors (Lipinski definition) is 0. The predicted molar refractivity (Wildman–Crippen MR) is 145 cm³/mol. The van der Waals surface area contributed by atoms with Gasteiger partial charge in [0, 0.05) is 36.2 Å². The van der Waals surface area contributed by atoms with Crippen molar-refractivity contribution in [2.45, 2.75) is 65.6 Å². The molecule has 1 aliphatic heterocycles. The fraction of sp³-hybridized carbons (Fsp3) is 0.448. The maximum absolute atomic E-state index is 13.0. The quantitative estimate of drug-likeness (QED) is 0.342. The van der Waals surface area contributed by atoms with Crippen LogP contribution in [0.3, 0.4) is 0 Å². The Morgan fingerprint density at radius 1 is 1.05 bits per heavy atom. The van der Waals surface area contributed by atoms with Gasteiger partial charge < -0.3 is 14.4 Å². The van der Waals surface area contributed by atoms with Gasteiger partial charge in [0.1, 0.15) is 17.4 Å². The second-order valence-corrected chi connectivity index (χ2v) is 11.2. The molecule has 0 aliphatic carbocycles. The zero-order valence-corrected chi connectivity index (χ0v) is 23.2. The van der Waals surface area contributed by atoms with Crippen LogP contribution in [0.15, 0.2) is 49.1 Å². The first-order chi connectivity index (χ1) is 18.0. The monoisotopic (exact) mass is 516 g/mol. The third-order valence-electron chi connectivity index (χ3n) is 7.43. The number of methoxy groups -OCH3 is 1. The minimum Gasteiger partial charge on any atom is -0.497 e. The molecule has 200 valence electrons. The summed E-state index contributed by atoms with van der Waals surface area (Å²) in [6, 6.07) is 7.85. The predicted octanol–water partition coefficient (Wildman–Crippen LogP) is 5.04. The number of nitrogens with zero attached hydrogens (tertiary/aromatic N) is 6. The maximum Gasteiger partial charge on any atom is 0.241 e. The fourth-order valence-electron chi connectivity index (χ4n) is 4.95. The Bertz CT molecular complexity index is 1450. The lowest BCUT2D eigenvalue weighted by molar-refractivity contribution is -0.129. The highest BCUT2D eigenvalue weighted by Gasteiger charge is 2.37. The second-order valence-electron chi connectivity index (χ2n) is 11.2. The number of aromatic nitrogens is 5. The number of carbonyl (C=O) groups is 1. The molecule has 0 bridgehead atoms. The Morgan fingerprint density at radius 3 is 2.45 bits per heavy atom. The van der Waals surface area contributed by atoms with Gasteiger partial charge in [0.15, 0.2) is 0 Å². The second kappa shape index (κ2) is 9.78. The largest absolute Gasteiger partial charge is 0.497 e. The molecule has 4 aromatic rings. The molecule has 0 saturated carbocycles. The van der Waals surface area contributed by atoms with Crippen molar-refractivity contribution in [3.8, 4) is 22.9 Å². The average Bonchev–Trinajstić information content (AvgIpc) is 3.62. The number of benzene rings is 1. The summed E-state index contributed by atoms with van der Waals surface area (Å²) in [7, 11) is 1.65. The van der Waals surface area contributed by atoms with Gasteiger partial charge in [-0.3, -0.25) is 9.48 Å². The molecular formula is C29H36N6O3. The van der Waals surface area contributed by atoms with Crippen molar-refractivity contribution in [2.24, 2.45) is 5.92 Å². The highest BCUT2D eigenvalue weighted by Crippen LogP contribution is 2.34. The van der Waals surface area contributed by atoms with Crippen molar-refractivity contribution < 1.29 is 14.3 Å². The van der Waals surface area contributed by atoms with E-state index in [1.807, 2.05) is 77.0 Å². The number of fused-ring (bicyclic) bond motifs is 1. The van der Waals surface area contributed by atoms with Crippen LogP contribution < -0.4 is 9.47 Å². The van der Waals surface area contributed by atoms with E-state index in [-0.39, 0.29) is 29.5 Å². The van der Waals surface area contributed by atoms with Gasteiger partial charge in [0.25, 0.3) is 0 Å². The van der Waals surface area contributed by atoms with Crippen LogP contribution >= 0.6 is 0 Å². The van der Waals surface area contributed by atoms with E-state index < -0.39 is 0 Å². The molecule has 9 heteroatoms. The summed E-state index contributed by atoms with van der Waals surface area (Å²) in [5.41, 5.74) is 4.38. The van der Waals surface area contributed by atoms with Crippen molar-refractivity contribution in [1.29, 1.82) is 0 Å². The molecule has 1 amide bonds. The number of ether oxygens (including phenoxy) is 2. The van der Waals surface area contributed by atoms with Crippen molar-refractivity contribution in [3.05, 3.63) is 60.2 Å². The average molecular weight is 517 g/mol. The molecule has 1 saturated heterocycles. The molecule has 3 aromatic heterocycles. The lowest BCUT2D eigenvalue weighted by Gasteiger charge is -2.26. The van der Waals surface area contributed by atoms with E-state index in [1.54, 1.807) is 7.11 Å². The Labute approximate surface area is 223 Å². The molecule has 9 nitrogen and oxygen atoms in total. The number of carbonyl (C=O) groups excluding carboxylic acids is 1. The number of amides is 1. The Morgan fingerprint density at radius 2 is 1.79 bits per heavy atom. The van der Waals surface area contributed by atoms with Crippen molar-refractivity contribution >= 4 is 11.4 Å². The van der Waals surface area contributed by atoms with E-state index in [9.17, 15) is 4.79 Å². The summed E-state index contributed by atoms with van der Waals surface area (Å²) < 4.78 is 15.5. The van der Waals surface area contributed by atoms with Gasteiger partial charge in [-0.2, -0.15) is 10.2 Å². The number of likely N-dealkylation sites (tertiary alicyclic amines) is 1. The Kier molecular flexibility index (Phi) is 6.63. The van der Waals surface area contributed by atoms with Crippen LogP contribution in [-0.4, -0.2) is 54.9 Å². The van der Waals surface area contributed by atoms with Crippen molar-refractivity contribution in [3.63, 3.8) is 0 Å². The highest BCUT2D eigenvalue weighted by molar-refractivity contribution is 5.79.